The van der Waals surface area contributed by atoms with Gasteiger partial charge in [0.25, 0.3) is 0 Å². The number of nitrogens with one attached hydrogen (secondary N) is 1. The highest BCUT2D eigenvalue weighted by molar-refractivity contribution is 6.36. The third-order valence-corrected chi connectivity index (χ3v) is 6.57. The summed E-state index contributed by atoms with van der Waals surface area (Å²) in [6.45, 7) is 3.30. The Balaban J connectivity index is 1.59. The number of ether oxygens (including phenoxy) is 1. The summed E-state index contributed by atoms with van der Waals surface area (Å²) >= 11 is 12.3. The van der Waals surface area contributed by atoms with Gasteiger partial charge in [-0.05, 0) is 62.2 Å². The van der Waals surface area contributed by atoms with Crippen molar-refractivity contribution >= 4 is 29.0 Å². The number of nitrogen functional groups attached to an aromatic ring is 1. The molecule has 8 heteroatoms. The second kappa shape index (κ2) is 9.24. The molecule has 1 aliphatic heterocycles. The Morgan fingerprint density at radius 3 is 2.50 bits per heavy atom. The Morgan fingerprint density at radius 1 is 1.12 bits per heavy atom. The van der Waals surface area contributed by atoms with Crippen LogP contribution in [0.15, 0.2) is 48.7 Å². The molecule has 0 saturated carbocycles. The molecule has 1 unspecified atom stereocenters. The lowest BCUT2D eigenvalue weighted by Gasteiger charge is -2.33. The molecular formula is C24H24Cl2FN3O2. The molecule has 0 bridgehead atoms. The third kappa shape index (κ3) is 4.55. The van der Waals surface area contributed by atoms with Crippen LogP contribution < -0.4 is 15.8 Å². The van der Waals surface area contributed by atoms with E-state index in [-0.39, 0.29) is 10.8 Å². The molecule has 3 aromatic rings. The number of nitrogens with two attached hydrogens (primary N) is 1. The molecule has 168 valence electrons. The first-order valence-electron chi connectivity index (χ1n) is 10.4. The molecule has 0 aliphatic carbocycles. The zero-order chi connectivity index (χ0) is 22.9. The van der Waals surface area contributed by atoms with Crippen LogP contribution in [0.25, 0.3) is 11.1 Å². The maximum absolute atomic E-state index is 13.9. The summed E-state index contributed by atoms with van der Waals surface area (Å²) in [6, 6.07) is 12.2. The summed E-state index contributed by atoms with van der Waals surface area (Å²) in [5.41, 5.74) is 8.15. The molecule has 32 heavy (non-hydrogen) atoms. The maximum atomic E-state index is 13.9. The van der Waals surface area contributed by atoms with E-state index in [1.54, 1.807) is 19.2 Å². The third-order valence-electron chi connectivity index (χ3n) is 5.86. The lowest BCUT2D eigenvalue weighted by Crippen LogP contribution is -2.39. The van der Waals surface area contributed by atoms with E-state index < -0.39 is 17.5 Å². The average Bonchev–Trinajstić information content (AvgIpc) is 2.79. The van der Waals surface area contributed by atoms with Crippen molar-refractivity contribution in [3.05, 3.63) is 75.7 Å². The van der Waals surface area contributed by atoms with Gasteiger partial charge in [-0.3, -0.25) is 0 Å². The number of benzene rings is 2. The number of hydrogen-bond acceptors (Lipinski definition) is 5. The molecule has 4 rings (SSSR count). The smallest absolute Gasteiger partial charge is 0.166 e. The zero-order valence-electron chi connectivity index (χ0n) is 17.5. The number of aromatic nitrogens is 1. The minimum atomic E-state index is -0.809. The van der Waals surface area contributed by atoms with Crippen LogP contribution in [0.2, 0.25) is 10.0 Å². The molecule has 1 saturated heterocycles. The van der Waals surface area contributed by atoms with Gasteiger partial charge in [-0.2, -0.15) is 0 Å². The van der Waals surface area contributed by atoms with Crippen molar-refractivity contribution in [2.75, 3.05) is 18.8 Å². The molecule has 1 atom stereocenters. The summed E-state index contributed by atoms with van der Waals surface area (Å²) in [5.74, 6) is -0.0332. The number of halogens is 3. The summed E-state index contributed by atoms with van der Waals surface area (Å²) in [5, 5.41) is 14.4. The summed E-state index contributed by atoms with van der Waals surface area (Å²) in [6.07, 6.45) is 2.36. The first-order chi connectivity index (χ1) is 15.3. The lowest BCUT2D eigenvalue weighted by atomic mass is 9.84. The van der Waals surface area contributed by atoms with E-state index in [1.807, 2.05) is 24.3 Å². The molecule has 1 fully saturated rings. The van der Waals surface area contributed by atoms with Gasteiger partial charge in [0.15, 0.2) is 11.6 Å². The predicted octanol–water partition coefficient (Wildman–Crippen LogP) is 5.49. The monoisotopic (exact) mass is 475 g/mol. The second-order valence-electron chi connectivity index (χ2n) is 7.98. The standard InChI is InChI=1S/C24H24Cl2FN3O2/c1-14(21-18(25)6-7-19(27)22(21)26)32-20-12-16(13-30-23(20)28)15-2-4-17(5-3-15)24(31)8-10-29-11-9-24/h2-7,12-14,29,31H,8-11H2,1H3,(H2,28,30). The summed E-state index contributed by atoms with van der Waals surface area (Å²) in [7, 11) is 0. The van der Waals surface area contributed by atoms with Gasteiger partial charge < -0.3 is 20.9 Å². The zero-order valence-corrected chi connectivity index (χ0v) is 19.1. The van der Waals surface area contributed by atoms with Crippen molar-refractivity contribution in [3.63, 3.8) is 0 Å². The van der Waals surface area contributed by atoms with Crippen molar-refractivity contribution in [2.45, 2.75) is 31.5 Å². The van der Waals surface area contributed by atoms with Gasteiger partial charge in [-0.25, -0.2) is 9.37 Å². The van der Waals surface area contributed by atoms with Crippen LogP contribution in [0, 0.1) is 5.82 Å². The van der Waals surface area contributed by atoms with Crippen molar-refractivity contribution in [1.29, 1.82) is 0 Å². The number of piperidine rings is 1. The molecule has 0 spiro atoms. The number of anilines is 1. The fourth-order valence-electron chi connectivity index (χ4n) is 3.97. The number of nitrogens with zero attached hydrogens (tertiary/aromatic N) is 1. The molecular weight excluding hydrogens is 452 g/mol. The molecule has 2 aromatic carbocycles. The van der Waals surface area contributed by atoms with E-state index in [9.17, 15) is 9.50 Å². The minimum absolute atomic E-state index is 0.0841. The Labute approximate surface area is 196 Å². The molecule has 1 aromatic heterocycles. The molecule has 0 amide bonds. The molecule has 1 aliphatic rings. The van der Waals surface area contributed by atoms with Gasteiger partial charge in [0.05, 0.1) is 10.6 Å². The first-order valence-corrected chi connectivity index (χ1v) is 11.1. The normalized spacial score (nSPS) is 16.5. The summed E-state index contributed by atoms with van der Waals surface area (Å²) in [4.78, 5) is 4.25. The van der Waals surface area contributed by atoms with Gasteiger partial charge in [-0.15, -0.1) is 0 Å². The van der Waals surface area contributed by atoms with Crippen LogP contribution in [-0.4, -0.2) is 23.2 Å². The van der Waals surface area contributed by atoms with Gasteiger partial charge in [0.2, 0.25) is 0 Å². The number of aliphatic hydroxyl groups is 1. The van der Waals surface area contributed by atoms with Crippen molar-refractivity contribution in [2.24, 2.45) is 0 Å². The van der Waals surface area contributed by atoms with Crippen LogP contribution in [0.5, 0.6) is 5.75 Å². The van der Waals surface area contributed by atoms with E-state index in [1.165, 1.54) is 12.1 Å². The molecule has 2 heterocycles. The van der Waals surface area contributed by atoms with Crippen molar-refractivity contribution in [3.8, 4) is 16.9 Å². The highest BCUT2D eigenvalue weighted by Gasteiger charge is 2.30. The SMILES string of the molecule is CC(Oc1cc(-c2ccc(C3(O)CCNCC3)cc2)cnc1N)c1c(Cl)ccc(F)c1Cl. The van der Waals surface area contributed by atoms with E-state index in [0.29, 0.717) is 29.2 Å². The van der Waals surface area contributed by atoms with Crippen molar-refractivity contribution < 1.29 is 14.2 Å². The van der Waals surface area contributed by atoms with Crippen LogP contribution in [0.4, 0.5) is 10.2 Å². The number of hydrogen-bond donors (Lipinski definition) is 3. The summed E-state index contributed by atoms with van der Waals surface area (Å²) < 4.78 is 19.9. The van der Waals surface area contributed by atoms with Crippen LogP contribution >= 0.6 is 23.2 Å². The Morgan fingerprint density at radius 2 is 1.81 bits per heavy atom. The Hall–Kier alpha value is -2.38. The van der Waals surface area contributed by atoms with E-state index >= 15 is 0 Å². The highest BCUT2D eigenvalue weighted by Crippen LogP contribution is 2.37. The van der Waals surface area contributed by atoms with Crippen LogP contribution in [-0.2, 0) is 5.60 Å². The maximum Gasteiger partial charge on any atom is 0.166 e. The first kappa shape index (κ1) is 22.8. The Kier molecular flexibility index (Phi) is 6.58. The van der Waals surface area contributed by atoms with Gasteiger partial charge in [0.1, 0.15) is 11.9 Å². The molecule has 0 radical (unpaired) electrons. The lowest BCUT2D eigenvalue weighted by molar-refractivity contribution is 0.00595. The number of pyridine rings is 1. The number of rotatable bonds is 5. The predicted molar refractivity (Wildman–Crippen MR) is 126 cm³/mol. The van der Waals surface area contributed by atoms with E-state index in [2.05, 4.69) is 10.3 Å². The van der Waals surface area contributed by atoms with Gasteiger partial charge >= 0.3 is 0 Å². The molecule has 4 N–H and O–H groups in total. The van der Waals surface area contributed by atoms with Crippen molar-refractivity contribution in [1.82, 2.24) is 10.3 Å². The highest BCUT2D eigenvalue weighted by atomic mass is 35.5. The quantitative estimate of drug-likeness (QED) is 0.425. The topological polar surface area (TPSA) is 80.4 Å². The Bertz CT molecular complexity index is 1120. The fourth-order valence-corrected chi connectivity index (χ4v) is 4.65. The van der Waals surface area contributed by atoms with Crippen LogP contribution in [0.1, 0.15) is 37.0 Å². The fraction of sp³-hybridized carbons (Fsp3) is 0.292. The van der Waals surface area contributed by atoms with Gasteiger partial charge in [0, 0.05) is 22.3 Å². The van der Waals surface area contributed by atoms with Crippen LogP contribution in [0.3, 0.4) is 0 Å². The molecule has 5 nitrogen and oxygen atoms in total. The minimum Gasteiger partial charge on any atom is -0.482 e. The second-order valence-corrected chi connectivity index (χ2v) is 8.77. The largest absolute Gasteiger partial charge is 0.482 e. The average molecular weight is 476 g/mol. The van der Waals surface area contributed by atoms with Gasteiger partial charge in [-0.1, -0.05) is 47.5 Å². The van der Waals surface area contributed by atoms with E-state index in [0.717, 1.165) is 29.8 Å². The van der Waals surface area contributed by atoms with E-state index in [4.69, 9.17) is 33.7 Å².